The van der Waals surface area contributed by atoms with Crippen LogP contribution in [-0.4, -0.2) is 12.2 Å². The molecule has 2 unspecified atom stereocenters. The highest BCUT2D eigenvalue weighted by atomic mass is 16.5. The third-order valence-corrected chi connectivity index (χ3v) is 2.84. The summed E-state index contributed by atoms with van der Waals surface area (Å²) in [6.07, 6.45) is 12.0. The minimum Gasteiger partial charge on any atom is -0.366 e. The fraction of sp³-hybridized carbons (Fsp3) is 0.636. The Kier molecular flexibility index (Phi) is 16.9. The molecule has 1 aliphatic heterocycles. The summed E-state index contributed by atoms with van der Waals surface area (Å²) < 4.78 is 5.98. The average molecular weight is 323 g/mol. The Morgan fingerprint density at radius 3 is 1.09 bits per heavy atom. The van der Waals surface area contributed by atoms with E-state index in [2.05, 4.69) is 66.9 Å². The summed E-state index contributed by atoms with van der Waals surface area (Å²) in [7, 11) is 0. The monoisotopic (exact) mass is 322 g/mol. The normalized spacial score (nSPS) is 19.6. The van der Waals surface area contributed by atoms with Crippen molar-refractivity contribution in [3.63, 3.8) is 0 Å². The Hall–Kier alpha value is -1.08. The van der Waals surface area contributed by atoms with Crippen LogP contribution in [-0.2, 0) is 4.74 Å². The summed E-state index contributed by atoms with van der Waals surface area (Å²) in [4.78, 5) is 0. The van der Waals surface area contributed by atoms with Crippen molar-refractivity contribution in [1.29, 1.82) is 0 Å². The first-order chi connectivity index (χ1) is 10.6. The molecule has 1 heteroatoms. The van der Waals surface area contributed by atoms with Crippen LogP contribution in [0.3, 0.4) is 0 Å². The molecule has 136 valence electrons. The van der Waals surface area contributed by atoms with Gasteiger partial charge in [0.15, 0.2) is 0 Å². The Bertz CT molecular complexity index is 302. The fourth-order valence-electron chi connectivity index (χ4n) is 1.59. The molecule has 1 rings (SSSR count). The first-order valence-corrected chi connectivity index (χ1v) is 8.87. The fourth-order valence-corrected chi connectivity index (χ4v) is 1.59. The van der Waals surface area contributed by atoms with Crippen molar-refractivity contribution in [2.75, 3.05) is 0 Å². The molecular weight excluding hydrogens is 280 g/mol. The van der Waals surface area contributed by atoms with Crippen LogP contribution in [0.4, 0.5) is 0 Å². The SMILES string of the molecule is C=C/C=C\C=C.CC.CC.CC(C)(C)C1C=CC(C(C)(C)C)O1. The summed E-state index contributed by atoms with van der Waals surface area (Å²) >= 11 is 0. The highest BCUT2D eigenvalue weighted by Crippen LogP contribution is 2.35. The van der Waals surface area contributed by atoms with Crippen LogP contribution in [0, 0.1) is 10.8 Å². The van der Waals surface area contributed by atoms with E-state index in [1.807, 2.05) is 39.8 Å². The van der Waals surface area contributed by atoms with E-state index in [9.17, 15) is 0 Å². The molecule has 1 aliphatic rings. The van der Waals surface area contributed by atoms with Crippen molar-refractivity contribution in [3.8, 4) is 0 Å². The maximum absolute atomic E-state index is 5.98. The van der Waals surface area contributed by atoms with E-state index in [4.69, 9.17) is 4.74 Å². The Labute approximate surface area is 147 Å². The molecule has 0 amide bonds. The van der Waals surface area contributed by atoms with Gasteiger partial charge in [0.2, 0.25) is 0 Å². The van der Waals surface area contributed by atoms with Gasteiger partial charge in [0, 0.05) is 0 Å². The molecule has 0 bridgehead atoms. The van der Waals surface area contributed by atoms with Gasteiger partial charge < -0.3 is 4.74 Å². The molecule has 1 heterocycles. The minimum absolute atomic E-state index is 0.219. The summed E-state index contributed by atoms with van der Waals surface area (Å²) in [6.45, 7) is 28.2. The number of hydrogen-bond acceptors (Lipinski definition) is 1. The quantitative estimate of drug-likeness (QED) is 0.381. The van der Waals surface area contributed by atoms with Crippen LogP contribution in [0.15, 0.2) is 49.6 Å². The largest absolute Gasteiger partial charge is 0.366 e. The van der Waals surface area contributed by atoms with Gasteiger partial charge in [0.1, 0.15) is 0 Å². The van der Waals surface area contributed by atoms with Crippen LogP contribution >= 0.6 is 0 Å². The second kappa shape index (κ2) is 14.5. The number of rotatable bonds is 2. The van der Waals surface area contributed by atoms with Gasteiger partial charge in [-0.2, -0.15) is 0 Å². The van der Waals surface area contributed by atoms with Gasteiger partial charge in [-0.1, -0.05) is 119 Å². The van der Waals surface area contributed by atoms with E-state index in [0.29, 0.717) is 0 Å². The molecule has 0 spiro atoms. The van der Waals surface area contributed by atoms with Gasteiger partial charge >= 0.3 is 0 Å². The molecule has 2 atom stereocenters. The topological polar surface area (TPSA) is 9.23 Å². The predicted molar refractivity (Wildman–Crippen MR) is 109 cm³/mol. The summed E-state index contributed by atoms with van der Waals surface area (Å²) in [5.41, 5.74) is 0.438. The smallest absolute Gasteiger partial charge is 0.0813 e. The molecule has 0 aromatic heterocycles. The molecular formula is C22H42O. The molecule has 23 heavy (non-hydrogen) atoms. The van der Waals surface area contributed by atoms with Crippen LogP contribution in [0.25, 0.3) is 0 Å². The number of ether oxygens (including phenoxy) is 1. The van der Waals surface area contributed by atoms with Gasteiger partial charge in [-0.3, -0.25) is 0 Å². The Morgan fingerprint density at radius 2 is 0.957 bits per heavy atom. The Balaban J connectivity index is -0.000000338. The van der Waals surface area contributed by atoms with E-state index < -0.39 is 0 Å². The highest BCUT2D eigenvalue weighted by molar-refractivity contribution is 5.08. The first-order valence-electron chi connectivity index (χ1n) is 8.87. The van der Waals surface area contributed by atoms with E-state index in [0.717, 1.165) is 0 Å². The average Bonchev–Trinajstić information content (AvgIpc) is 3.00. The van der Waals surface area contributed by atoms with Gasteiger partial charge in [-0.25, -0.2) is 0 Å². The van der Waals surface area contributed by atoms with Gasteiger partial charge in [-0.15, -0.1) is 0 Å². The second-order valence-electron chi connectivity index (χ2n) is 6.95. The first kappa shape index (κ1) is 26.8. The lowest BCUT2D eigenvalue weighted by atomic mass is 9.89. The summed E-state index contributed by atoms with van der Waals surface area (Å²) in [5, 5.41) is 0. The van der Waals surface area contributed by atoms with Gasteiger partial charge in [0.25, 0.3) is 0 Å². The lowest BCUT2D eigenvalue weighted by molar-refractivity contribution is -0.0432. The molecule has 0 radical (unpaired) electrons. The van der Waals surface area contributed by atoms with E-state index >= 15 is 0 Å². The molecule has 1 nitrogen and oxygen atoms in total. The molecule has 0 aromatic carbocycles. The van der Waals surface area contributed by atoms with Crippen molar-refractivity contribution < 1.29 is 4.74 Å². The van der Waals surface area contributed by atoms with Gasteiger partial charge in [0.05, 0.1) is 12.2 Å². The van der Waals surface area contributed by atoms with Crippen LogP contribution in [0.2, 0.25) is 0 Å². The molecule has 0 aliphatic carbocycles. The standard InChI is InChI=1S/C12H22O.C6H8.2C2H6/c1-11(2,3)9-7-8-10(13-9)12(4,5)6;1-3-5-6-4-2;2*1-2/h7-10H,1-6H3;3-6H,1-2H2;2*1-2H3/b;6-5-;;. The van der Waals surface area contributed by atoms with Crippen LogP contribution in [0.1, 0.15) is 69.2 Å². The van der Waals surface area contributed by atoms with Crippen molar-refractivity contribution in [3.05, 3.63) is 49.6 Å². The zero-order valence-corrected chi connectivity index (χ0v) is 17.4. The van der Waals surface area contributed by atoms with Crippen LogP contribution < -0.4 is 0 Å². The molecule has 0 saturated carbocycles. The Morgan fingerprint density at radius 1 is 0.696 bits per heavy atom. The summed E-state index contributed by atoms with van der Waals surface area (Å²) in [5.74, 6) is 0. The number of allylic oxidation sites excluding steroid dienone is 4. The molecule has 0 saturated heterocycles. The molecule has 0 aromatic rings. The lowest BCUT2D eigenvalue weighted by Crippen LogP contribution is -2.32. The third-order valence-electron chi connectivity index (χ3n) is 2.84. The predicted octanol–water partition coefficient (Wildman–Crippen LogP) is 7.37. The molecule has 0 N–H and O–H groups in total. The van der Waals surface area contributed by atoms with Crippen molar-refractivity contribution in [2.45, 2.75) is 81.4 Å². The maximum Gasteiger partial charge on any atom is 0.0813 e. The molecule has 0 fully saturated rings. The van der Waals surface area contributed by atoms with Crippen LogP contribution in [0.5, 0.6) is 0 Å². The van der Waals surface area contributed by atoms with E-state index in [1.54, 1.807) is 12.2 Å². The minimum atomic E-state index is 0.219. The third kappa shape index (κ3) is 14.3. The number of hydrogen-bond donors (Lipinski definition) is 0. The van der Waals surface area contributed by atoms with Gasteiger partial charge in [-0.05, 0) is 10.8 Å². The van der Waals surface area contributed by atoms with Crippen molar-refractivity contribution >= 4 is 0 Å². The van der Waals surface area contributed by atoms with E-state index in [-0.39, 0.29) is 23.0 Å². The highest BCUT2D eigenvalue weighted by Gasteiger charge is 2.34. The zero-order chi connectivity index (χ0) is 19.1. The lowest BCUT2D eigenvalue weighted by Gasteiger charge is -2.31. The van der Waals surface area contributed by atoms with Crippen molar-refractivity contribution in [1.82, 2.24) is 0 Å². The zero-order valence-electron chi connectivity index (χ0n) is 17.4. The second-order valence-corrected chi connectivity index (χ2v) is 6.95. The van der Waals surface area contributed by atoms with E-state index in [1.165, 1.54) is 0 Å². The summed E-state index contributed by atoms with van der Waals surface area (Å²) in [6, 6.07) is 0. The van der Waals surface area contributed by atoms with Crippen molar-refractivity contribution in [2.24, 2.45) is 10.8 Å². The maximum atomic E-state index is 5.98.